The summed E-state index contributed by atoms with van der Waals surface area (Å²) in [5.41, 5.74) is 0.690. The monoisotopic (exact) mass is 249 g/mol. The fourth-order valence-corrected chi connectivity index (χ4v) is 3.56. The molecule has 1 atom stereocenters. The molecule has 2 rings (SSSR count). The van der Waals surface area contributed by atoms with Gasteiger partial charge >= 0.3 is 0 Å². The third-order valence-electron chi connectivity index (χ3n) is 4.82. The molecule has 3 heteroatoms. The molecule has 1 saturated carbocycles. The lowest BCUT2D eigenvalue weighted by Crippen LogP contribution is -2.45. The van der Waals surface area contributed by atoms with E-state index in [1.54, 1.807) is 0 Å². The fourth-order valence-electron chi connectivity index (χ4n) is 3.56. The summed E-state index contributed by atoms with van der Waals surface area (Å²) in [6, 6.07) is 2.41. The van der Waals surface area contributed by atoms with Crippen LogP contribution in [0.15, 0.2) is 0 Å². The summed E-state index contributed by atoms with van der Waals surface area (Å²) in [7, 11) is 0. The topological polar surface area (TPSA) is 39.1 Å². The highest BCUT2D eigenvalue weighted by Crippen LogP contribution is 2.45. The van der Waals surface area contributed by atoms with Crippen LogP contribution in [-0.4, -0.2) is 37.1 Å². The predicted molar refractivity (Wildman–Crippen MR) is 74.3 cm³/mol. The van der Waals surface area contributed by atoms with Crippen molar-refractivity contribution in [2.24, 2.45) is 5.41 Å². The number of likely N-dealkylation sites (tertiary alicyclic amines) is 1. The number of nitriles is 1. The van der Waals surface area contributed by atoms with Gasteiger partial charge in [-0.15, -0.1) is 0 Å². The summed E-state index contributed by atoms with van der Waals surface area (Å²) in [5.74, 6) is 0. The van der Waals surface area contributed by atoms with E-state index in [2.05, 4.69) is 23.2 Å². The molecule has 0 aromatic rings. The summed E-state index contributed by atoms with van der Waals surface area (Å²) in [4.78, 5) is 2.49. The second-order valence-corrected chi connectivity index (χ2v) is 6.14. The Morgan fingerprint density at radius 2 is 1.89 bits per heavy atom. The molecule has 1 N–H and O–H groups in total. The molecule has 0 radical (unpaired) electrons. The summed E-state index contributed by atoms with van der Waals surface area (Å²) in [5, 5.41) is 12.5. The first-order valence-corrected chi connectivity index (χ1v) is 7.63. The first-order chi connectivity index (χ1) is 8.78. The van der Waals surface area contributed by atoms with Crippen LogP contribution in [0.5, 0.6) is 0 Å². The average Bonchev–Trinajstić information content (AvgIpc) is 2.85. The highest BCUT2D eigenvalue weighted by atomic mass is 15.2. The normalized spacial score (nSPS) is 25.1. The van der Waals surface area contributed by atoms with E-state index < -0.39 is 0 Å². The zero-order valence-electron chi connectivity index (χ0n) is 11.7. The van der Waals surface area contributed by atoms with E-state index in [4.69, 9.17) is 5.26 Å². The van der Waals surface area contributed by atoms with E-state index in [0.717, 1.165) is 19.5 Å². The van der Waals surface area contributed by atoms with Crippen molar-refractivity contribution < 1.29 is 0 Å². The lowest BCUT2D eigenvalue weighted by molar-refractivity contribution is 0.105. The van der Waals surface area contributed by atoms with Crippen molar-refractivity contribution in [1.29, 1.82) is 5.26 Å². The van der Waals surface area contributed by atoms with Gasteiger partial charge in [-0.1, -0.05) is 19.8 Å². The molecular formula is C15H27N3. The second-order valence-electron chi connectivity index (χ2n) is 6.14. The Bertz CT molecular complexity index is 279. The van der Waals surface area contributed by atoms with Crippen LogP contribution >= 0.6 is 0 Å². The Morgan fingerprint density at radius 3 is 2.44 bits per heavy atom. The Labute approximate surface area is 112 Å². The van der Waals surface area contributed by atoms with Crippen molar-refractivity contribution in [1.82, 2.24) is 10.2 Å². The third-order valence-corrected chi connectivity index (χ3v) is 4.82. The van der Waals surface area contributed by atoms with Crippen LogP contribution in [0.2, 0.25) is 0 Å². The molecule has 3 nitrogen and oxygen atoms in total. The average molecular weight is 249 g/mol. The van der Waals surface area contributed by atoms with Gasteiger partial charge in [0, 0.05) is 6.54 Å². The van der Waals surface area contributed by atoms with Crippen LogP contribution in [0.4, 0.5) is 0 Å². The molecule has 0 amide bonds. The number of piperidine rings is 1. The molecule has 2 aliphatic rings. The number of hydrogen-bond acceptors (Lipinski definition) is 3. The highest BCUT2D eigenvalue weighted by Gasteiger charge is 2.37. The van der Waals surface area contributed by atoms with Gasteiger partial charge in [0.25, 0.3) is 0 Å². The molecule has 1 saturated heterocycles. The van der Waals surface area contributed by atoms with Crippen LogP contribution in [0.1, 0.15) is 51.9 Å². The molecule has 1 heterocycles. The lowest BCUT2D eigenvalue weighted by atomic mass is 9.77. The van der Waals surface area contributed by atoms with Gasteiger partial charge in [0.15, 0.2) is 0 Å². The molecule has 1 spiro atoms. The highest BCUT2D eigenvalue weighted by molar-refractivity contribution is 4.95. The Balaban J connectivity index is 1.74. The van der Waals surface area contributed by atoms with Gasteiger partial charge in [0.05, 0.1) is 6.07 Å². The first-order valence-electron chi connectivity index (χ1n) is 7.63. The smallest absolute Gasteiger partial charge is 0.108 e. The van der Waals surface area contributed by atoms with E-state index in [-0.39, 0.29) is 6.04 Å². The lowest BCUT2D eigenvalue weighted by Gasteiger charge is -2.40. The van der Waals surface area contributed by atoms with Crippen molar-refractivity contribution in [3.05, 3.63) is 0 Å². The van der Waals surface area contributed by atoms with E-state index >= 15 is 0 Å². The minimum atomic E-state index is 0.0163. The molecule has 1 aliphatic carbocycles. The Morgan fingerprint density at radius 1 is 1.22 bits per heavy atom. The molecule has 1 aliphatic heterocycles. The number of hydrogen-bond donors (Lipinski definition) is 1. The summed E-state index contributed by atoms with van der Waals surface area (Å²) in [6.07, 6.45) is 9.62. The molecule has 1 unspecified atom stereocenters. The van der Waals surface area contributed by atoms with Crippen molar-refractivity contribution in [2.45, 2.75) is 57.9 Å². The first kappa shape index (κ1) is 13.8. The fraction of sp³-hybridized carbons (Fsp3) is 0.933. The van der Waals surface area contributed by atoms with Gasteiger partial charge in [-0.3, -0.25) is 0 Å². The van der Waals surface area contributed by atoms with E-state index in [9.17, 15) is 0 Å². The molecule has 18 heavy (non-hydrogen) atoms. The summed E-state index contributed by atoms with van der Waals surface area (Å²) >= 11 is 0. The molecule has 102 valence electrons. The predicted octanol–water partition coefficient (Wildman–Crippen LogP) is 2.53. The third kappa shape index (κ3) is 3.46. The van der Waals surface area contributed by atoms with Gasteiger partial charge in [-0.25, -0.2) is 0 Å². The van der Waals surface area contributed by atoms with Crippen molar-refractivity contribution in [3.8, 4) is 6.07 Å². The van der Waals surface area contributed by atoms with Gasteiger partial charge in [-0.2, -0.15) is 5.26 Å². The SMILES string of the molecule is CCCNC(C#N)CN1CCC2(CCCC2)CC1. The minimum absolute atomic E-state index is 0.0163. The molecular weight excluding hydrogens is 222 g/mol. The van der Waals surface area contributed by atoms with E-state index in [1.165, 1.54) is 51.6 Å². The molecule has 0 bridgehead atoms. The Kier molecular flexibility index (Phi) is 5.03. The maximum absolute atomic E-state index is 9.15. The van der Waals surface area contributed by atoms with Crippen molar-refractivity contribution >= 4 is 0 Å². The molecule has 2 fully saturated rings. The second kappa shape index (κ2) is 6.54. The number of nitrogens with zero attached hydrogens (tertiary/aromatic N) is 2. The van der Waals surface area contributed by atoms with Crippen LogP contribution in [0.3, 0.4) is 0 Å². The molecule has 0 aromatic carbocycles. The van der Waals surface area contributed by atoms with Gasteiger partial charge in [-0.05, 0) is 57.2 Å². The van der Waals surface area contributed by atoms with Crippen molar-refractivity contribution in [2.75, 3.05) is 26.2 Å². The number of nitrogens with one attached hydrogen (secondary N) is 1. The maximum Gasteiger partial charge on any atom is 0.108 e. The van der Waals surface area contributed by atoms with Gasteiger partial charge in [0.1, 0.15) is 6.04 Å². The summed E-state index contributed by atoms with van der Waals surface area (Å²) < 4.78 is 0. The summed E-state index contributed by atoms with van der Waals surface area (Å²) in [6.45, 7) is 6.41. The van der Waals surface area contributed by atoms with Crippen molar-refractivity contribution in [3.63, 3.8) is 0 Å². The van der Waals surface area contributed by atoms with Gasteiger partial charge < -0.3 is 10.2 Å². The van der Waals surface area contributed by atoms with Crippen LogP contribution in [0.25, 0.3) is 0 Å². The van der Waals surface area contributed by atoms with Gasteiger partial charge in [0.2, 0.25) is 0 Å². The van der Waals surface area contributed by atoms with Crippen LogP contribution < -0.4 is 5.32 Å². The Hall–Kier alpha value is -0.590. The quantitative estimate of drug-likeness (QED) is 0.814. The minimum Gasteiger partial charge on any atom is -0.301 e. The van der Waals surface area contributed by atoms with Crippen LogP contribution in [-0.2, 0) is 0 Å². The zero-order valence-corrected chi connectivity index (χ0v) is 11.7. The largest absolute Gasteiger partial charge is 0.301 e. The van der Waals surface area contributed by atoms with E-state index in [0.29, 0.717) is 5.41 Å². The standard InChI is InChI=1S/C15H27N3/c1-2-9-17-14(12-16)13-18-10-7-15(8-11-18)5-3-4-6-15/h14,17H,2-11,13H2,1H3. The van der Waals surface area contributed by atoms with Crippen LogP contribution in [0, 0.1) is 16.7 Å². The zero-order chi connectivity index (χ0) is 12.8. The number of rotatable bonds is 5. The molecule has 0 aromatic heterocycles. The van der Waals surface area contributed by atoms with E-state index in [1.807, 2.05) is 0 Å². The maximum atomic E-state index is 9.15.